The van der Waals surface area contributed by atoms with E-state index in [0.717, 1.165) is 24.8 Å². The number of nitrogens with zero attached hydrogens (tertiary/aromatic N) is 2. The van der Waals surface area contributed by atoms with Crippen LogP contribution in [0.3, 0.4) is 0 Å². The first kappa shape index (κ1) is 14.8. The molecule has 0 atom stereocenters. The predicted octanol–water partition coefficient (Wildman–Crippen LogP) is 4.01. The Bertz CT molecular complexity index is 727. The van der Waals surface area contributed by atoms with E-state index in [-0.39, 0.29) is 17.1 Å². The van der Waals surface area contributed by atoms with Gasteiger partial charge >= 0.3 is 5.97 Å². The third-order valence-electron chi connectivity index (χ3n) is 3.96. The summed E-state index contributed by atoms with van der Waals surface area (Å²) in [5.41, 5.74) is 1.31. The molecule has 0 spiro atoms. The second kappa shape index (κ2) is 5.28. The first-order valence-corrected chi connectivity index (χ1v) is 8.41. The van der Waals surface area contributed by atoms with Crippen molar-refractivity contribution in [3.63, 3.8) is 0 Å². The summed E-state index contributed by atoms with van der Waals surface area (Å²) in [4.78, 5) is 15.3. The molecule has 0 amide bonds. The zero-order chi connectivity index (χ0) is 15.2. The summed E-state index contributed by atoms with van der Waals surface area (Å²) >= 11 is 4.35. The van der Waals surface area contributed by atoms with Crippen molar-refractivity contribution in [2.45, 2.75) is 36.9 Å². The van der Waals surface area contributed by atoms with Crippen LogP contribution in [0, 0.1) is 5.82 Å². The molecule has 1 fully saturated rings. The number of aromatic nitrogens is 2. The minimum absolute atomic E-state index is 0.0525. The van der Waals surface area contributed by atoms with Crippen LogP contribution in [-0.4, -0.2) is 26.4 Å². The lowest BCUT2D eigenvalue weighted by Crippen LogP contribution is -2.37. The third-order valence-corrected chi connectivity index (χ3v) is 5.49. The number of rotatable bonds is 4. The first-order valence-electron chi connectivity index (χ1n) is 6.63. The molecular formula is C14H14BrFN2O2S. The highest BCUT2D eigenvalue weighted by Gasteiger charge is 2.37. The quantitative estimate of drug-likeness (QED) is 0.823. The maximum Gasteiger partial charge on any atom is 0.313 e. The molecule has 1 aromatic heterocycles. The summed E-state index contributed by atoms with van der Waals surface area (Å²) in [5.74, 6) is -1.27. The molecule has 1 aromatic carbocycles. The van der Waals surface area contributed by atoms with E-state index in [1.165, 1.54) is 17.8 Å². The molecule has 21 heavy (non-hydrogen) atoms. The molecule has 0 bridgehead atoms. The number of carboxylic acid groups (broad SMARTS) is 1. The summed E-state index contributed by atoms with van der Waals surface area (Å²) in [6.45, 7) is 2.11. The number of hydrogen-bond donors (Lipinski definition) is 1. The van der Waals surface area contributed by atoms with Gasteiger partial charge in [-0.3, -0.25) is 4.79 Å². The molecule has 0 aliphatic heterocycles. The third kappa shape index (κ3) is 2.57. The predicted molar refractivity (Wildman–Crippen MR) is 83.2 cm³/mol. The number of aliphatic carboxylic acids is 1. The number of hydrogen-bond acceptors (Lipinski definition) is 3. The molecule has 3 rings (SSSR count). The van der Waals surface area contributed by atoms with E-state index in [1.54, 1.807) is 6.07 Å². The Morgan fingerprint density at radius 1 is 1.57 bits per heavy atom. The molecule has 2 aromatic rings. The van der Waals surface area contributed by atoms with Gasteiger partial charge in [0.1, 0.15) is 5.82 Å². The molecule has 0 unspecified atom stereocenters. The van der Waals surface area contributed by atoms with Gasteiger partial charge in [-0.25, -0.2) is 9.37 Å². The van der Waals surface area contributed by atoms with Crippen molar-refractivity contribution in [2.24, 2.45) is 0 Å². The minimum Gasteiger partial charge on any atom is -0.481 e. The zero-order valence-electron chi connectivity index (χ0n) is 11.4. The normalized spacial score (nSPS) is 16.9. The van der Waals surface area contributed by atoms with Gasteiger partial charge in [-0.1, -0.05) is 11.8 Å². The van der Waals surface area contributed by atoms with Crippen LogP contribution >= 0.6 is 27.7 Å². The minimum atomic E-state index is -0.885. The molecular weight excluding hydrogens is 359 g/mol. The van der Waals surface area contributed by atoms with Gasteiger partial charge in [0.05, 0.1) is 21.3 Å². The fourth-order valence-corrected chi connectivity index (χ4v) is 3.90. The number of halogens is 2. The number of carbonyl (C=O) groups is 1. The molecule has 4 nitrogen and oxygen atoms in total. The molecule has 7 heteroatoms. The van der Waals surface area contributed by atoms with Crippen molar-refractivity contribution in [1.82, 2.24) is 9.55 Å². The van der Waals surface area contributed by atoms with Gasteiger partial charge in [0, 0.05) is 11.6 Å². The van der Waals surface area contributed by atoms with Crippen LogP contribution in [-0.2, 0) is 10.3 Å². The van der Waals surface area contributed by atoms with Crippen molar-refractivity contribution >= 4 is 44.7 Å². The molecule has 1 heterocycles. The monoisotopic (exact) mass is 372 g/mol. The van der Waals surface area contributed by atoms with E-state index in [1.807, 2.05) is 4.57 Å². The van der Waals surface area contributed by atoms with Crippen molar-refractivity contribution in [2.75, 3.05) is 5.75 Å². The fraction of sp³-hybridized carbons (Fsp3) is 0.429. The van der Waals surface area contributed by atoms with Gasteiger partial charge in [-0.15, -0.1) is 0 Å². The SMILES string of the molecule is CC1(n2c(SCC(=O)O)nc3cc(Br)c(F)cc32)CCC1. The van der Waals surface area contributed by atoms with Crippen molar-refractivity contribution < 1.29 is 14.3 Å². The van der Waals surface area contributed by atoms with E-state index in [2.05, 4.69) is 27.8 Å². The average Bonchev–Trinajstić information content (AvgIpc) is 2.72. The summed E-state index contributed by atoms with van der Waals surface area (Å²) in [6.07, 6.45) is 3.12. The summed E-state index contributed by atoms with van der Waals surface area (Å²) in [6, 6.07) is 3.12. The highest BCUT2D eigenvalue weighted by atomic mass is 79.9. The van der Waals surface area contributed by atoms with Gasteiger partial charge in [0.2, 0.25) is 0 Å². The Labute approximate surface area is 133 Å². The largest absolute Gasteiger partial charge is 0.481 e. The molecule has 112 valence electrons. The number of benzene rings is 1. The van der Waals surface area contributed by atoms with Crippen LogP contribution in [0.5, 0.6) is 0 Å². The van der Waals surface area contributed by atoms with E-state index in [4.69, 9.17) is 5.11 Å². The molecule has 1 aliphatic rings. The Morgan fingerprint density at radius 3 is 2.86 bits per heavy atom. The van der Waals surface area contributed by atoms with Crippen LogP contribution in [0.15, 0.2) is 21.8 Å². The van der Waals surface area contributed by atoms with Gasteiger partial charge in [0.15, 0.2) is 5.16 Å². The smallest absolute Gasteiger partial charge is 0.313 e. The highest BCUT2D eigenvalue weighted by Crippen LogP contribution is 2.44. The second-order valence-corrected chi connectivity index (χ2v) is 7.31. The fourth-order valence-electron chi connectivity index (χ4n) is 2.71. The zero-order valence-corrected chi connectivity index (χ0v) is 13.8. The maximum absolute atomic E-state index is 13.9. The van der Waals surface area contributed by atoms with Gasteiger partial charge in [-0.2, -0.15) is 0 Å². The van der Waals surface area contributed by atoms with E-state index < -0.39 is 5.97 Å². The summed E-state index contributed by atoms with van der Waals surface area (Å²) < 4.78 is 16.3. The Hall–Kier alpha value is -1.08. The molecule has 0 saturated heterocycles. The molecule has 0 radical (unpaired) electrons. The lowest BCUT2D eigenvalue weighted by molar-refractivity contribution is -0.133. The average molecular weight is 373 g/mol. The van der Waals surface area contributed by atoms with Crippen molar-refractivity contribution in [3.8, 4) is 0 Å². The van der Waals surface area contributed by atoms with Crippen LogP contribution in [0.1, 0.15) is 26.2 Å². The number of carboxylic acids is 1. The Balaban J connectivity index is 2.15. The lowest BCUT2D eigenvalue weighted by Gasteiger charge is -2.41. The second-order valence-electron chi connectivity index (χ2n) is 5.52. The van der Waals surface area contributed by atoms with Gasteiger partial charge in [0.25, 0.3) is 0 Å². The molecule has 1 N–H and O–H groups in total. The van der Waals surface area contributed by atoms with Crippen molar-refractivity contribution in [3.05, 3.63) is 22.4 Å². The Kier molecular flexibility index (Phi) is 3.73. The van der Waals surface area contributed by atoms with Gasteiger partial charge in [-0.05, 0) is 48.2 Å². The van der Waals surface area contributed by atoms with Crippen LogP contribution in [0.25, 0.3) is 11.0 Å². The number of fused-ring (bicyclic) bond motifs is 1. The summed E-state index contributed by atoms with van der Waals surface area (Å²) in [7, 11) is 0. The Morgan fingerprint density at radius 2 is 2.29 bits per heavy atom. The standard InChI is InChI=1S/C14H14BrFN2O2S/c1-14(3-2-4-14)18-11-6-9(16)8(15)5-10(11)17-13(18)21-7-12(19)20/h5-6H,2-4,7H2,1H3,(H,19,20). The van der Waals surface area contributed by atoms with Crippen molar-refractivity contribution in [1.29, 1.82) is 0 Å². The van der Waals surface area contributed by atoms with Crippen LogP contribution in [0.4, 0.5) is 4.39 Å². The number of thioether (sulfide) groups is 1. The molecule has 1 saturated carbocycles. The summed E-state index contributed by atoms with van der Waals surface area (Å²) in [5, 5.41) is 9.52. The van der Waals surface area contributed by atoms with E-state index >= 15 is 0 Å². The van der Waals surface area contributed by atoms with E-state index in [0.29, 0.717) is 15.1 Å². The number of imidazole rings is 1. The topological polar surface area (TPSA) is 55.1 Å². The highest BCUT2D eigenvalue weighted by molar-refractivity contribution is 9.10. The van der Waals surface area contributed by atoms with E-state index in [9.17, 15) is 9.18 Å². The van der Waals surface area contributed by atoms with Crippen LogP contribution in [0.2, 0.25) is 0 Å². The lowest BCUT2D eigenvalue weighted by atomic mass is 9.78. The molecule has 1 aliphatic carbocycles. The van der Waals surface area contributed by atoms with Gasteiger partial charge < -0.3 is 9.67 Å². The first-order chi connectivity index (χ1) is 9.90. The maximum atomic E-state index is 13.9. The van der Waals surface area contributed by atoms with Crippen LogP contribution < -0.4 is 0 Å².